The highest BCUT2D eigenvalue weighted by atomic mass is 35.5. The van der Waals surface area contributed by atoms with Crippen LogP contribution in [0.3, 0.4) is 0 Å². The van der Waals surface area contributed by atoms with Crippen molar-refractivity contribution in [2.24, 2.45) is 5.92 Å². The van der Waals surface area contributed by atoms with E-state index in [0.29, 0.717) is 54.1 Å². The van der Waals surface area contributed by atoms with E-state index in [2.05, 4.69) is 20.3 Å². The monoisotopic (exact) mass is 348 g/mol. The molecule has 1 aliphatic heterocycles. The van der Waals surface area contributed by atoms with E-state index < -0.39 is 5.97 Å². The molecule has 1 aliphatic rings. The highest BCUT2D eigenvalue weighted by molar-refractivity contribution is 6.32. The van der Waals surface area contributed by atoms with Crippen LogP contribution >= 0.6 is 11.6 Å². The van der Waals surface area contributed by atoms with Crippen LogP contribution < -0.4 is 16.0 Å². The van der Waals surface area contributed by atoms with Crippen molar-refractivity contribution in [3.05, 3.63) is 29.8 Å². The zero-order valence-electron chi connectivity index (χ0n) is 12.8. The van der Waals surface area contributed by atoms with Gasteiger partial charge in [-0.2, -0.15) is 0 Å². The highest BCUT2D eigenvalue weighted by Crippen LogP contribution is 2.32. The standard InChI is InChI=1S/C15H17ClN6O2/c16-12-10(2-1-5-18-12)21-13-11(17)14(20-8-19-13)22-6-3-9(4-7-22)15(23)24/h1-2,5,8-9H,3-4,6-7,17H2,(H,23,24)(H,19,20,21). The molecule has 1 saturated heterocycles. The summed E-state index contributed by atoms with van der Waals surface area (Å²) in [5.74, 6) is -0.0263. The summed E-state index contributed by atoms with van der Waals surface area (Å²) in [6.45, 7) is 1.18. The summed E-state index contributed by atoms with van der Waals surface area (Å²) in [6, 6.07) is 3.53. The van der Waals surface area contributed by atoms with Crippen LogP contribution in [0.5, 0.6) is 0 Å². The lowest BCUT2D eigenvalue weighted by molar-refractivity contribution is -0.142. The predicted octanol–water partition coefficient (Wildman–Crippen LogP) is 2.15. The van der Waals surface area contributed by atoms with E-state index in [9.17, 15) is 4.79 Å². The predicted molar refractivity (Wildman–Crippen MR) is 91.5 cm³/mol. The first-order valence-electron chi connectivity index (χ1n) is 7.52. The molecule has 0 unspecified atom stereocenters. The Kier molecular flexibility index (Phi) is 4.66. The fraction of sp³-hybridized carbons (Fsp3) is 0.333. The largest absolute Gasteiger partial charge is 0.481 e. The van der Waals surface area contributed by atoms with Crippen LogP contribution in [0.15, 0.2) is 24.7 Å². The van der Waals surface area contributed by atoms with Crippen LogP contribution in [0.4, 0.5) is 23.0 Å². The lowest BCUT2D eigenvalue weighted by Crippen LogP contribution is -2.37. The number of carboxylic acid groups (broad SMARTS) is 1. The Labute approximate surface area is 143 Å². The third-order valence-electron chi connectivity index (χ3n) is 4.02. The molecule has 126 valence electrons. The average molecular weight is 349 g/mol. The number of hydrogen-bond donors (Lipinski definition) is 3. The van der Waals surface area contributed by atoms with Crippen molar-refractivity contribution in [1.29, 1.82) is 0 Å². The van der Waals surface area contributed by atoms with Crippen molar-refractivity contribution in [1.82, 2.24) is 15.0 Å². The Morgan fingerprint density at radius 3 is 2.75 bits per heavy atom. The van der Waals surface area contributed by atoms with Crippen LogP contribution in [-0.4, -0.2) is 39.1 Å². The van der Waals surface area contributed by atoms with Gasteiger partial charge in [0.25, 0.3) is 0 Å². The summed E-state index contributed by atoms with van der Waals surface area (Å²) in [5.41, 5.74) is 7.19. The minimum absolute atomic E-state index is 0.309. The van der Waals surface area contributed by atoms with Crippen molar-refractivity contribution in [3.8, 4) is 0 Å². The van der Waals surface area contributed by atoms with Gasteiger partial charge in [-0.3, -0.25) is 4.79 Å². The van der Waals surface area contributed by atoms with E-state index in [-0.39, 0.29) is 5.92 Å². The summed E-state index contributed by atoms with van der Waals surface area (Å²) in [6.07, 6.45) is 4.14. The van der Waals surface area contributed by atoms with Crippen LogP contribution in [0.2, 0.25) is 5.15 Å². The van der Waals surface area contributed by atoms with Gasteiger partial charge in [0.15, 0.2) is 16.8 Å². The molecule has 0 bridgehead atoms. The molecule has 0 aliphatic carbocycles. The molecular weight excluding hydrogens is 332 g/mol. The van der Waals surface area contributed by atoms with Crippen LogP contribution in [0.1, 0.15) is 12.8 Å². The number of nitrogen functional groups attached to an aromatic ring is 1. The Bertz CT molecular complexity index is 748. The molecule has 9 heteroatoms. The van der Waals surface area contributed by atoms with Crippen molar-refractivity contribution in [3.63, 3.8) is 0 Å². The number of aliphatic carboxylic acids is 1. The number of piperidine rings is 1. The van der Waals surface area contributed by atoms with Crippen molar-refractivity contribution >= 4 is 40.6 Å². The van der Waals surface area contributed by atoms with E-state index in [1.807, 2.05) is 4.90 Å². The van der Waals surface area contributed by atoms with Crippen LogP contribution in [0.25, 0.3) is 0 Å². The Morgan fingerprint density at radius 2 is 2.08 bits per heavy atom. The quantitative estimate of drug-likeness (QED) is 0.719. The summed E-state index contributed by atoms with van der Waals surface area (Å²) in [7, 11) is 0. The third kappa shape index (κ3) is 3.33. The topological polar surface area (TPSA) is 117 Å². The summed E-state index contributed by atoms with van der Waals surface area (Å²) in [5, 5.41) is 12.5. The number of nitrogens with two attached hydrogens (primary N) is 1. The normalized spacial score (nSPS) is 15.3. The number of carbonyl (C=O) groups is 1. The van der Waals surface area contributed by atoms with Gasteiger partial charge in [0.1, 0.15) is 12.0 Å². The fourth-order valence-electron chi connectivity index (χ4n) is 2.68. The van der Waals surface area contributed by atoms with Crippen LogP contribution in [0, 0.1) is 5.92 Å². The fourth-order valence-corrected chi connectivity index (χ4v) is 2.85. The maximum absolute atomic E-state index is 11.1. The number of nitrogens with one attached hydrogen (secondary N) is 1. The molecule has 0 spiro atoms. The molecule has 2 aromatic rings. The Balaban J connectivity index is 1.79. The number of anilines is 4. The smallest absolute Gasteiger partial charge is 0.306 e. The molecule has 4 N–H and O–H groups in total. The van der Waals surface area contributed by atoms with E-state index >= 15 is 0 Å². The van der Waals surface area contributed by atoms with Gasteiger partial charge in [-0.15, -0.1) is 0 Å². The average Bonchev–Trinajstić information content (AvgIpc) is 2.59. The maximum Gasteiger partial charge on any atom is 0.306 e. The van der Waals surface area contributed by atoms with Crippen molar-refractivity contribution in [2.45, 2.75) is 12.8 Å². The summed E-state index contributed by atoms with van der Waals surface area (Å²) < 4.78 is 0. The molecule has 0 saturated carbocycles. The molecule has 3 rings (SSSR count). The van der Waals surface area contributed by atoms with Gasteiger partial charge in [0.05, 0.1) is 11.6 Å². The molecule has 0 atom stereocenters. The lowest BCUT2D eigenvalue weighted by atomic mass is 9.97. The number of pyridine rings is 1. The van der Waals surface area contributed by atoms with E-state index in [0.717, 1.165) is 0 Å². The molecule has 0 amide bonds. The number of nitrogens with zero attached hydrogens (tertiary/aromatic N) is 4. The second-order valence-corrected chi connectivity index (χ2v) is 5.88. The first-order valence-corrected chi connectivity index (χ1v) is 7.90. The van der Waals surface area contributed by atoms with Gasteiger partial charge in [-0.1, -0.05) is 11.6 Å². The maximum atomic E-state index is 11.1. The highest BCUT2D eigenvalue weighted by Gasteiger charge is 2.26. The number of hydrogen-bond acceptors (Lipinski definition) is 7. The molecule has 8 nitrogen and oxygen atoms in total. The molecule has 1 fully saturated rings. The zero-order valence-corrected chi connectivity index (χ0v) is 13.6. The minimum Gasteiger partial charge on any atom is -0.481 e. The van der Waals surface area contributed by atoms with Gasteiger partial charge in [-0.05, 0) is 25.0 Å². The zero-order chi connectivity index (χ0) is 17.1. The number of carboxylic acids is 1. The van der Waals surface area contributed by atoms with Gasteiger partial charge >= 0.3 is 5.97 Å². The van der Waals surface area contributed by atoms with E-state index in [4.69, 9.17) is 22.4 Å². The second-order valence-electron chi connectivity index (χ2n) is 5.53. The lowest BCUT2D eigenvalue weighted by Gasteiger charge is -2.31. The first kappa shape index (κ1) is 16.3. The van der Waals surface area contributed by atoms with Gasteiger partial charge in [-0.25, -0.2) is 15.0 Å². The molecule has 3 heterocycles. The SMILES string of the molecule is Nc1c(Nc2cccnc2Cl)ncnc1N1CCC(C(=O)O)CC1. The van der Waals surface area contributed by atoms with E-state index in [1.54, 1.807) is 18.3 Å². The van der Waals surface area contributed by atoms with Crippen molar-refractivity contribution in [2.75, 3.05) is 29.0 Å². The van der Waals surface area contributed by atoms with E-state index in [1.165, 1.54) is 6.33 Å². The first-order chi connectivity index (χ1) is 11.6. The molecular formula is C15H17ClN6O2. The second kappa shape index (κ2) is 6.88. The summed E-state index contributed by atoms with van der Waals surface area (Å²) in [4.78, 5) is 25.4. The van der Waals surface area contributed by atoms with Crippen molar-refractivity contribution < 1.29 is 9.90 Å². The van der Waals surface area contributed by atoms with Crippen LogP contribution in [-0.2, 0) is 4.79 Å². The van der Waals surface area contributed by atoms with Gasteiger partial charge < -0.3 is 21.1 Å². The molecule has 0 aromatic carbocycles. The Morgan fingerprint density at radius 1 is 1.33 bits per heavy atom. The molecule has 24 heavy (non-hydrogen) atoms. The number of rotatable bonds is 4. The van der Waals surface area contributed by atoms with Gasteiger partial charge in [0, 0.05) is 19.3 Å². The number of halogens is 1. The third-order valence-corrected chi connectivity index (χ3v) is 4.32. The van der Waals surface area contributed by atoms with Gasteiger partial charge in [0.2, 0.25) is 0 Å². The Hall–Kier alpha value is -2.61. The number of aromatic nitrogens is 3. The summed E-state index contributed by atoms with van der Waals surface area (Å²) >= 11 is 6.04. The molecule has 2 aromatic heterocycles. The molecule has 0 radical (unpaired) electrons. The minimum atomic E-state index is -0.751.